The van der Waals surface area contributed by atoms with Crippen molar-refractivity contribution >= 4 is 17.2 Å². The maximum atomic E-state index is 11.1. The molecule has 1 heterocycles. The van der Waals surface area contributed by atoms with Gasteiger partial charge in [-0.1, -0.05) is 66.7 Å². The van der Waals surface area contributed by atoms with Crippen LogP contribution in [0.5, 0.6) is 0 Å². The molecule has 4 rings (SSSR count). The Kier molecular flexibility index (Phi) is 6.61. The summed E-state index contributed by atoms with van der Waals surface area (Å²) in [6.07, 6.45) is 0. The second-order valence-electron chi connectivity index (χ2n) is 8.13. The number of rotatable bonds is 5. The van der Waals surface area contributed by atoms with Crippen molar-refractivity contribution in [2.75, 3.05) is 26.2 Å². The summed E-state index contributed by atoms with van der Waals surface area (Å²) in [5, 5.41) is 11.1. The second kappa shape index (κ2) is 9.75. The molecule has 6 heteroatoms. The molecule has 0 aromatic heterocycles. The molecule has 0 spiro atoms. The fourth-order valence-electron chi connectivity index (χ4n) is 4.27. The van der Waals surface area contributed by atoms with E-state index < -0.39 is 0 Å². The monoisotopic (exact) mass is 428 g/mol. The Morgan fingerprint density at radius 2 is 1.47 bits per heavy atom. The topological polar surface area (TPSA) is 62.0 Å². The molecule has 3 aromatic carbocycles. The molecule has 0 N–H and O–H groups in total. The van der Waals surface area contributed by atoms with Crippen LogP contribution in [-0.2, 0) is 0 Å². The number of nitro benzene ring substituents is 1. The molecule has 0 bridgehead atoms. The van der Waals surface area contributed by atoms with Gasteiger partial charge in [0.2, 0.25) is 0 Å². The zero-order valence-electron chi connectivity index (χ0n) is 18.5. The fourth-order valence-corrected chi connectivity index (χ4v) is 4.27. The van der Waals surface area contributed by atoms with E-state index in [9.17, 15) is 10.1 Å². The van der Waals surface area contributed by atoms with Gasteiger partial charge in [0.25, 0.3) is 5.69 Å². The maximum Gasteiger partial charge on any atom is 0.271 e. The average Bonchev–Trinajstić information content (AvgIpc) is 2.82. The van der Waals surface area contributed by atoms with Gasteiger partial charge < -0.3 is 4.90 Å². The molecular weight excluding hydrogens is 400 g/mol. The van der Waals surface area contributed by atoms with Gasteiger partial charge in [-0.05, 0) is 30.5 Å². The Morgan fingerprint density at radius 3 is 2.00 bits per heavy atom. The molecule has 0 aliphatic carbocycles. The highest BCUT2D eigenvalue weighted by atomic mass is 16.6. The Morgan fingerprint density at radius 1 is 0.906 bits per heavy atom. The van der Waals surface area contributed by atoms with Crippen LogP contribution in [0.15, 0.2) is 83.9 Å². The first-order chi connectivity index (χ1) is 15.5. The SMILES string of the molecule is CC(=Nc1cc([N+](=O)[O-])ccc1C)N1CCN(C(c2ccccc2)c2ccccc2)CC1. The third-order valence-corrected chi connectivity index (χ3v) is 6.05. The standard InChI is InChI=1S/C26H28N4O2/c1-20-13-14-24(30(31)32)19-25(20)27-21(2)28-15-17-29(18-16-28)26(22-9-5-3-6-10-22)23-11-7-4-8-12-23/h3-14,19,26H,15-18H2,1-2H3. The Hall–Kier alpha value is -3.51. The number of nitrogens with zero attached hydrogens (tertiary/aromatic N) is 4. The van der Waals surface area contributed by atoms with Crippen molar-refractivity contribution in [2.45, 2.75) is 19.9 Å². The number of aliphatic imine (C=N–C) groups is 1. The summed E-state index contributed by atoms with van der Waals surface area (Å²) in [6, 6.07) is 26.3. The molecule has 0 saturated carbocycles. The highest BCUT2D eigenvalue weighted by Crippen LogP contribution is 2.30. The lowest BCUT2D eigenvalue weighted by atomic mass is 9.96. The van der Waals surface area contributed by atoms with E-state index in [-0.39, 0.29) is 16.7 Å². The third kappa shape index (κ3) is 4.86. The van der Waals surface area contributed by atoms with Crippen LogP contribution in [0.3, 0.4) is 0 Å². The lowest BCUT2D eigenvalue weighted by molar-refractivity contribution is -0.384. The van der Waals surface area contributed by atoms with Gasteiger partial charge in [-0.3, -0.25) is 15.0 Å². The van der Waals surface area contributed by atoms with Crippen molar-refractivity contribution in [3.63, 3.8) is 0 Å². The molecule has 32 heavy (non-hydrogen) atoms. The number of nitro groups is 1. The molecule has 6 nitrogen and oxygen atoms in total. The van der Waals surface area contributed by atoms with E-state index in [0.29, 0.717) is 5.69 Å². The van der Waals surface area contributed by atoms with E-state index in [0.717, 1.165) is 37.6 Å². The molecule has 164 valence electrons. The van der Waals surface area contributed by atoms with E-state index in [1.165, 1.54) is 17.2 Å². The number of amidine groups is 1. The van der Waals surface area contributed by atoms with Crippen LogP contribution < -0.4 is 0 Å². The third-order valence-electron chi connectivity index (χ3n) is 6.05. The lowest BCUT2D eigenvalue weighted by Gasteiger charge is -2.40. The van der Waals surface area contributed by atoms with Gasteiger partial charge in [-0.2, -0.15) is 0 Å². The molecule has 1 fully saturated rings. The van der Waals surface area contributed by atoms with Crippen LogP contribution >= 0.6 is 0 Å². The molecule has 0 amide bonds. The van der Waals surface area contributed by atoms with Crippen molar-refractivity contribution in [3.05, 3.63) is 106 Å². The number of aryl methyl sites for hydroxylation is 1. The van der Waals surface area contributed by atoms with Crippen LogP contribution in [0.4, 0.5) is 11.4 Å². The number of hydrogen-bond donors (Lipinski definition) is 0. The zero-order valence-corrected chi connectivity index (χ0v) is 18.5. The largest absolute Gasteiger partial charge is 0.358 e. The molecule has 0 atom stereocenters. The van der Waals surface area contributed by atoms with Crippen LogP contribution in [0, 0.1) is 17.0 Å². The van der Waals surface area contributed by atoms with Gasteiger partial charge in [0, 0.05) is 38.3 Å². The predicted molar refractivity (Wildman–Crippen MR) is 128 cm³/mol. The summed E-state index contributed by atoms with van der Waals surface area (Å²) >= 11 is 0. The maximum absolute atomic E-state index is 11.1. The summed E-state index contributed by atoms with van der Waals surface area (Å²) in [4.78, 5) is 20.3. The Labute approximate surface area is 189 Å². The highest BCUT2D eigenvalue weighted by Gasteiger charge is 2.26. The van der Waals surface area contributed by atoms with Gasteiger partial charge in [0.1, 0.15) is 5.84 Å². The van der Waals surface area contributed by atoms with Crippen LogP contribution in [0.2, 0.25) is 0 Å². The quantitative estimate of drug-likeness (QED) is 0.238. The molecule has 1 aliphatic rings. The molecular formula is C26H28N4O2. The average molecular weight is 429 g/mol. The minimum Gasteiger partial charge on any atom is -0.358 e. The van der Waals surface area contributed by atoms with E-state index in [4.69, 9.17) is 4.99 Å². The van der Waals surface area contributed by atoms with Gasteiger partial charge in [0.15, 0.2) is 0 Å². The summed E-state index contributed by atoms with van der Waals surface area (Å²) in [6.45, 7) is 7.46. The van der Waals surface area contributed by atoms with E-state index in [1.807, 2.05) is 13.8 Å². The summed E-state index contributed by atoms with van der Waals surface area (Å²) in [7, 11) is 0. The highest BCUT2D eigenvalue weighted by molar-refractivity contribution is 5.83. The molecule has 1 saturated heterocycles. The zero-order chi connectivity index (χ0) is 22.5. The van der Waals surface area contributed by atoms with Crippen LogP contribution in [-0.4, -0.2) is 46.7 Å². The Balaban J connectivity index is 1.51. The van der Waals surface area contributed by atoms with Crippen LogP contribution in [0.25, 0.3) is 0 Å². The van der Waals surface area contributed by atoms with Crippen LogP contribution in [0.1, 0.15) is 29.7 Å². The van der Waals surface area contributed by atoms with E-state index in [2.05, 4.69) is 70.5 Å². The molecule has 3 aromatic rings. The second-order valence-corrected chi connectivity index (χ2v) is 8.13. The first-order valence-corrected chi connectivity index (χ1v) is 10.9. The normalized spacial score (nSPS) is 15.2. The van der Waals surface area contributed by atoms with Crippen molar-refractivity contribution in [3.8, 4) is 0 Å². The van der Waals surface area contributed by atoms with Gasteiger partial charge in [-0.15, -0.1) is 0 Å². The molecule has 1 aliphatic heterocycles. The smallest absolute Gasteiger partial charge is 0.271 e. The first kappa shape index (κ1) is 21.7. The minimum atomic E-state index is -0.375. The fraction of sp³-hybridized carbons (Fsp3) is 0.269. The van der Waals surface area contributed by atoms with E-state index >= 15 is 0 Å². The lowest BCUT2D eigenvalue weighted by Crippen LogP contribution is -2.49. The number of hydrogen-bond acceptors (Lipinski definition) is 4. The molecule has 0 radical (unpaired) electrons. The van der Waals surface area contributed by atoms with Crippen molar-refractivity contribution in [2.24, 2.45) is 4.99 Å². The number of piperazine rings is 1. The Bertz CT molecular complexity index is 1050. The van der Waals surface area contributed by atoms with Gasteiger partial charge in [0.05, 0.1) is 16.7 Å². The summed E-state index contributed by atoms with van der Waals surface area (Å²) in [5.74, 6) is 0.893. The first-order valence-electron chi connectivity index (χ1n) is 10.9. The number of benzene rings is 3. The predicted octanol–water partition coefficient (Wildman–Crippen LogP) is 5.36. The number of non-ortho nitro benzene ring substituents is 1. The molecule has 0 unspecified atom stereocenters. The summed E-state index contributed by atoms with van der Waals surface area (Å²) < 4.78 is 0. The van der Waals surface area contributed by atoms with Crippen molar-refractivity contribution in [1.29, 1.82) is 0 Å². The van der Waals surface area contributed by atoms with Crippen molar-refractivity contribution in [1.82, 2.24) is 9.80 Å². The minimum absolute atomic E-state index is 0.0699. The van der Waals surface area contributed by atoms with E-state index in [1.54, 1.807) is 12.1 Å². The van der Waals surface area contributed by atoms with Gasteiger partial charge in [-0.25, -0.2) is 4.99 Å². The van der Waals surface area contributed by atoms with Gasteiger partial charge >= 0.3 is 0 Å². The van der Waals surface area contributed by atoms with Crippen molar-refractivity contribution < 1.29 is 4.92 Å². The summed E-state index contributed by atoms with van der Waals surface area (Å²) in [5.41, 5.74) is 4.25.